The van der Waals surface area contributed by atoms with Gasteiger partial charge in [0, 0.05) is 41.3 Å². The monoisotopic (exact) mass is 880 g/mol. The average Bonchev–Trinajstić information content (AvgIpc) is 3.85. The summed E-state index contributed by atoms with van der Waals surface area (Å²) in [6, 6.07) is 44.4. The third kappa shape index (κ3) is 7.71. The van der Waals surface area contributed by atoms with E-state index >= 15 is 14.4 Å². The molecule has 3 fully saturated rings. The first-order chi connectivity index (χ1) is 32.4. The molecular formula is C54H48N4O8. The molecule has 3 saturated heterocycles. The van der Waals surface area contributed by atoms with E-state index in [2.05, 4.69) is 32.3 Å². The van der Waals surface area contributed by atoms with E-state index < -0.39 is 53.3 Å². The SMILES string of the molecule is COc1ccc(C#Cc2ccc3c(c2)[C@]2(C(=O)N3)[C@H](c3ccc(OCCO)cc3)N3[C@H](c4ccccc4)[C@H](c4ccccc4)OC(=O)[C@H]3[C@@H]2C(=O)Nc2ccc(N3CCOCC3)cc2)cc1. The number of carbonyl (C=O) groups is 3. The van der Waals surface area contributed by atoms with Gasteiger partial charge in [-0.3, -0.25) is 19.3 Å². The van der Waals surface area contributed by atoms with Gasteiger partial charge >= 0.3 is 5.97 Å². The number of esters is 1. The van der Waals surface area contributed by atoms with Crippen LogP contribution in [0.15, 0.2) is 152 Å². The minimum Gasteiger partial charge on any atom is -0.497 e. The zero-order chi connectivity index (χ0) is 45.2. The zero-order valence-electron chi connectivity index (χ0n) is 36.3. The number of amides is 2. The molecule has 12 heteroatoms. The van der Waals surface area contributed by atoms with Gasteiger partial charge < -0.3 is 39.6 Å². The van der Waals surface area contributed by atoms with E-state index in [4.69, 9.17) is 18.9 Å². The Morgan fingerprint density at radius 2 is 1.42 bits per heavy atom. The van der Waals surface area contributed by atoms with Crippen molar-refractivity contribution in [3.05, 3.63) is 185 Å². The van der Waals surface area contributed by atoms with Crippen molar-refractivity contribution in [3.63, 3.8) is 0 Å². The third-order valence-electron chi connectivity index (χ3n) is 13.1. The molecule has 3 N–H and O–H groups in total. The van der Waals surface area contributed by atoms with Crippen molar-refractivity contribution < 1.29 is 38.4 Å². The number of anilines is 3. The normalized spacial score (nSPS) is 23.2. The van der Waals surface area contributed by atoms with Gasteiger partial charge in [-0.15, -0.1) is 0 Å². The van der Waals surface area contributed by atoms with Crippen LogP contribution >= 0.6 is 0 Å². The molecule has 332 valence electrons. The molecule has 6 aromatic rings. The van der Waals surface area contributed by atoms with Crippen molar-refractivity contribution in [3.8, 4) is 23.3 Å². The Kier molecular flexibility index (Phi) is 11.7. The number of ether oxygens (including phenoxy) is 4. The van der Waals surface area contributed by atoms with E-state index in [-0.39, 0.29) is 13.2 Å². The summed E-state index contributed by atoms with van der Waals surface area (Å²) in [5.41, 5.74) is 4.47. The molecule has 0 aromatic heterocycles. The van der Waals surface area contributed by atoms with Gasteiger partial charge in [0.1, 0.15) is 35.7 Å². The summed E-state index contributed by atoms with van der Waals surface area (Å²) in [6.45, 7) is 2.68. The van der Waals surface area contributed by atoms with E-state index in [0.717, 1.165) is 35.5 Å². The number of hydrogen-bond acceptors (Lipinski definition) is 10. The molecule has 4 heterocycles. The third-order valence-corrected chi connectivity index (χ3v) is 13.1. The Labute approximate surface area is 383 Å². The first-order valence-corrected chi connectivity index (χ1v) is 22.1. The lowest BCUT2D eigenvalue weighted by molar-refractivity contribution is -0.177. The predicted molar refractivity (Wildman–Crippen MR) is 249 cm³/mol. The molecule has 66 heavy (non-hydrogen) atoms. The Hall–Kier alpha value is -7.43. The molecule has 6 atom stereocenters. The summed E-state index contributed by atoms with van der Waals surface area (Å²) < 4.78 is 23.3. The number of nitrogens with one attached hydrogen (secondary N) is 2. The quantitative estimate of drug-likeness (QED) is 0.0956. The molecule has 1 spiro atoms. The van der Waals surface area contributed by atoms with Crippen molar-refractivity contribution in [2.75, 3.05) is 62.2 Å². The van der Waals surface area contributed by atoms with E-state index in [9.17, 15) is 5.11 Å². The lowest BCUT2D eigenvalue weighted by Gasteiger charge is -2.46. The highest BCUT2D eigenvalue weighted by atomic mass is 16.6. The molecular weight excluding hydrogens is 833 g/mol. The van der Waals surface area contributed by atoms with Crippen LogP contribution in [-0.4, -0.2) is 80.5 Å². The van der Waals surface area contributed by atoms with Crippen LogP contribution in [0.1, 0.15) is 51.6 Å². The summed E-state index contributed by atoms with van der Waals surface area (Å²) in [7, 11) is 1.61. The first-order valence-electron chi connectivity index (χ1n) is 22.1. The average molecular weight is 881 g/mol. The van der Waals surface area contributed by atoms with Crippen molar-refractivity contribution in [1.82, 2.24) is 4.90 Å². The molecule has 0 unspecified atom stereocenters. The number of methoxy groups -OCH3 is 1. The number of aliphatic hydroxyl groups excluding tert-OH is 1. The summed E-state index contributed by atoms with van der Waals surface area (Å²) in [4.78, 5) is 50.8. The van der Waals surface area contributed by atoms with Crippen molar-refractivity contribution in [2.45, 2.75) is 29.6 Å². The van der Waals surface area contributed by atoms with Crippen LogP contribution in [0.4, 0.5) is 17.1 Å². The van der Waals surface area contributed by atoms with Crippen LogP contribution in [0.5, 0.6) is 11.5 Å². The smallest absolute Gasteiger partial charge is 0.324 e. The van der Waals surface area contributed by atoms with Crippen molar-refractivity contribution in [2.24, 2.45) is 5.92 Å². The summed E-state index contributed by atoms with van der Waals surface area (Å²) in [6.07, 6.45) is -0.816. The number of benzene rings is 6. The fourth-order valence-corrected chi connectivity index (χ4v) is 10.2. The Bertz CT molecular complexity index is 2790. The Morgan fingerprint density at radius 1 is 0.773 bits per heavy atom. The molecule has 0 aliphatic carbocycles. The number of cyclic esters (lactones) is 1. The van der Waals surface area contributed by atoms with Crippen LogP contribution in [0.25, 0.3) is 0 Å². The predicted octanol–water partition coefficient (Wildman–Crippen LogP) is 7.21. The number of morpholine rings is 2. The maximum absolute atomic E-state index is 15.7. The number of carbonyl (C=O) groups excluding carboxylic acids is 3. The summed E-state index contributed by atoms with van der Waals surface area (Å²) in [5, 5.41) is 15.9. The molecule has 10 rings (SSSR count). The summed E-state index contributed by atoms with van der Waals surface area (Å²) in [5.74, 6) is 4.86. The molecule has 2 amide bonds. The molecule has 4 aliphatic rings. The van der Waals surface area contributed by atoms with Gasteiger partial charge in [0.2, 0.25) is 11.8 Å². The second-order valence-electron chi connectivity index (χ2n) is 16.7. The van der Waals surface area contributed by atoms with Gasteiger partial charge in [-0.25, -0.2) is 0 Å². The Morgan fingerprint density at radius 3 is 2.11 bits per heavy atom. The highest BCUT2D eigenvalue weighted by Gasteiger charge is 2.74. The second-order valence-corrected chi connectivity index (χ2v) is 16.7. The molecule has 0 radical (unpaired) electrons. The largest absolute Gasteiger partial charge is 0.497 e. The first kappa shape index (κ1) is 42.5. The fraction of sp³-hybridized carbons (Fsp3) is 0.241. The molecule has 12 nitrogen and oxygen atoms in total. The summed E-state index contributed by atoms with van der Waals surface area (Å²) >= 11 is 0. The minimum atomic E-state index is -1.72. The maximum Gasteiger partial charge on any atom is 0.324 e. The van der Waals surface area contributed by atoms with Crippen LogP contribution in [-0.2, 0) is 29.3 Å². The van der Waals surface area contributed by atoms with Crippen LogP contribution in [0.3, 0.4) is 0 Å². The van der Waals surface area contributed by atoms with E-state index in [1.54, 1.807) is 19.2 Å². The fourth-order valence-electron chi connectivity index (χ4n) is 10.2. The van der Waals surface area contributed by atoms with Gasteiger partial charge in [-0.2, -0.15) is 0 Å². The second kappa shape index (κ2) is 18.2. The topological polar surface area (TPSA) is 139 Å². The zero-order valence-corrected chi connectivity index (χ0v) is 36.3. The lowest BCUT2D eigenvalue weighted by atomic mass is 9.65. The maximum atomic E-state index is 15.7. The Balaban J connectivity index is 1.18. The number of rotatable bonds is 10. The van der Waals surface area contributed by atoms with Gasteiger partial charge in [-0.1, -0.05) is 84.6 Å². The molecule has 6 aromatic carbocycles. The van der Waals surface area contributed by atoms with Crippen LogP contribution < -0.4 is 25.0 Å². The highest BCUT2D eigenvalue weighted by molar-refractivity contribution is 6.13. The number of nitrogens with zero attached hydrogens (tertiary/aromatic N) is 2. The van der Waals surface area contributed by atoms with Crippen LogP contribution in [0, 0.1) is 17.8 Å². The lowest BCUT2D eigenvalue weighted by Crippen LogP contribution is -2.53. The van der Waals surface area contributed by atoms with Gasteiger partial charge in [0.05, 0.1) is 44.9 Å². The number of fused-ring (bicyclic) bond motifs is 3. The van der Waals surface area contributed by atoms with Gasteiger partial charge in [0.25, 0.3) is 0 Å². The molecule has 0 bridgehead atoms. The molecule has 0 saturated carbocycles. The molecule has 4 aliphatic heterocycles. The number of hydrogen-bond donors (Lipinski definition) is 3. The van der Waals surface area contributed by atoms with Gasteiger partial charge in [-0.05, 0) is 101 Å². The van der Waals surface area contributed by atoms with Crippen molar-refractivity contribution >= 4 is 34.8 Å². The van der Waals surface area contributed by atoms with Gasteiger partial charge in [0.15, 0.2) is 0 Å². The van der Waals surface area contributed by atoms with E-state index in [1.165, 1.54) is 0 Å². The van der Waals surface area contributed by atoms with E-state index in [0.29, 0.717) is 52.8 Å². The minimum absolute atomic E-state index is 0.0907. The van der Waals surface area contributed by atoms with Crippen LogP contribution in [0.2, 0.25) is 0 Å². The van der Waals surface area contributed by atoms with E-state index in [1.807, 2.05) is 140 Å². The number of aliphatic hydroxyl groups is 1. The van der Waals surface area contributed by atoms with Crippen molar-refractivity contribution in [1.29, 1.82) is 0 Å². The highest BCUT2D eigenvalue weighted by Crippen LogP contribution is 2.65. The standard InChI is InChI=1S/C54H48N4O8/c1-63-42-23-14-35(15-24-42)12-13-36-16-27-45-44(34-36)54(53(62)56-45)46(51(60)55-40-19-21-41(22-20-40)57-28-31-64-32-29-57)48-52(61)66-49(38-10-6-3-7-11-38)47(37-8-4-2-5-9-37)58(48)50(54)39-17-25-43(26-18-39)65-33-30-59/h2-11,14-27,34,46-50,59H,28-33H2,1H3,(H,55,60)(H,56,62)/t46-,47-,48-,49+,50+,54-/m1/s1.